The fraction of sp³-hybridized carbons (Fsp3) is 0.200. The summed E-state index contributed by atoms with van der Waals surface area (Å²) >= 11 is 3.23. The van der Waals surface area contributed by atoms with Crippen LogP contribution >= 0.6 is 15.9 Å². The zero-order chi connectivity index (χ0) is 14.0. The highest BCUT2D eigenvalue weighted by Crippen LogP contribution is 2.27. The van der Waals surface area contributed by atoms with Gasteiger partial charge in [0, 0.05) is 10.0 Å². The van der Waals surface area contributed by atoms with Crippen LogP contribution in [0, 0.1) is 18.6 Å². The first kappa shape index (κ1) is 14.2. The largest absolute Gasteiger partial charge is 0.309 e. The second kappa shape index (κ2) is 5.80. The molecule has 0 saturated heterocycles. The van der Waals surface area contributed by atoms with Crippen LogP contribution in [0.15, 0.2) is 40.9 Å². The Balaban J connectivity index is 2.46. The molecule has 1 nitrogen and oxygen atoms in total. The molecule has 4 heteroatoms. The van der Waals surface area contributed by atoms with E-state index in [1.165, 1.54) is 12.1 Å². The van der Waals surface area contributed by atoms with Gasteiger partial charge >= 0.3 is 0 Å². The zero-order valence-electron chi connectivity index (χ0n) is 10.7. The van der Waals surface area contributed by atoms with Crippen molar-refractivity contribution in [3.8, 4) is 0 Å². The van der Waals surface area contributed by atoms with E-state index in [1.807, 2.05) is 0 Å². The van der Waals surface area contributed by atoms with Crippen molar-refractivity contribution in [1.82, 2.24) is 5.32 Å². The second-order valence-electron chi connectivity index (χ2n) is 4.40. The van der Waals surface area contributed by atoms with E-state index in [9.17, 15) is 8.78 Å². The van der Waals surface area contributed by atoms with Gasteiger partial charge in [-0.15, -0.1) is 0 Å². The maximum Gasteiger partial charge on any atom is 0.129 e. The van der Waals surface area contributed by atoms with Gasteiger partial charge in [0.2, 0.25) is 0 Å². The van der Waals surface area contributed by atoms with E-state index in [-0.39, 0.29) is 17.7 Å². The van der Waals surface area contributed by atoms with Crippen LogP contribution < -0.4 is 5.32 Å². The minimum absolute atomic E-state index is 0.255. The molecule has 0 bridgehead atoms. The molecular weight excluding hydrogens is 312 g/mol. The third kappa shape index (κ3) is 3.01. The molecule has 0 amide bonds. The van der Waals surface area contributed by atoms with Gasteiger partial charge in [-0.3, -0.25) is 0 Å². The van der Waals surface area contributed by atoms with Crippen molar-refractivity contribution < 1.29 is 8.78 Å². The predicted molar refractivity (Wildman–Crippen MR) is 76.1 cm³/mol. The quantitative estimate of drug-likeness (QED) is 0.884. The topological polar surface area (TPSA) is 12.0 Å². The van der Waals surface area contributed by atoms with Crippen molar-refractivity contribution in [2.24, 2.45) is 0 Å². The van der Waals surface area contributed by atoms with Gasteiger partial charge in [-0.1, -0.05) is 34.1 Å². The lowest BCUT2D eigenvalue weighted by Crippen LogP contribution is -2.19. The molecule has 1 N–H and O–H groups in total. The first-order valence-corrected chi connectivity index (χ1v) is 6.70. The van der Waals surface area contributed by atoms with Gasteiger partial charge in [0.15, 0.2) is 0 Å². The Bertz CT molecular complexity index is 599. The third-order valence-corrected chi connectivity index (χ3v) is 3.57. The molecule has 0 spiro atoms. The third-order valence-electron chi connectivity index (χ3n) is 3.08. The molecule has 0 aliphatic heterocycles. The maximum absolute atomic E-state index is 14.0. The standard InChI is InChI=1S/C15H14BrF2N/c1-9-7-10(3-6-13(9)17)15(19-2)12-5-4-11(16)8-14(12)18/h3-8,15,19H,1-2H3. The van der Waals surface area contributed by atoms with Crippen LogP contribution in [0.3, 0.4) is 0 Å². The van der Waals surface area contributed by atoms with E-state index in [0.717, 1.165) is 5.56 Å². The summed E-state index contributed by atoms with van der Waals surface area (Å²) in [7, 11) is 1.75. The number of aryl methyl sites for hydroxylation is 1. The Morgan fingerprint density at radius 3 is 2.37 bits per heavy atom. The average molecular weight is 326 g/mol. The lowest BCUT2D eigenvalue weighted by Gasteiger charge is -2.18. The van der Waals surface area contributed by atoms with Crippen LogP contribution in [0.1, 0.15) is 22.7 Å². The number of hydrogen-bond donors (Lipinski definition) is 1. The molecule has 0 radical (unpaired) electrons. The van der Waals surface area contributed by atoms with E-state index in [1.54, 1.807) is 38.2 Å². The summed E-state index contributed by atoms with van der Waals surface area (Å²) in [6, 6.07) is 9.45. The molecule has 2 rings (SSSR count). The molecule has 0 heterocycles. The summed E-state index contributed by atoms with van der Waals surface area (Å²) in [5.74, 6) is -0.550. The van der Waals surface area contributed by atoms with Crippen molar-refractivity contribution >= 4 is 15.9 Å². The lowest BCUT2D eigenvalue weighted by atomic mass is 9.97. The predicted octanol–water partition coefficient (Wildman–Crippen LogP) is 4.34. The van der Waals surface area contributed by atoms with Crippen molar-refractivity contribution in [2.45, 2.75) is 13.0 Å². The molecule has 1 unspecified atom stereocenters. The number of hydrogen-bond acceptors (Lipinski definition) is 1. The number of nitrogens with one attached hydrogen (secondary N) is 1. The first-order valence-electron chi connectivity index (χ1n) is 5.91. The van der Waals surface area contributed by atoms with E-state index < -0.39 is 0 Å². The molecule has 0 aromatic heterocycles. The van der Waals surface area contributed by atoms with E-state index in [2.05, 4.69) is 21.2 Å². The summed E-state index contributed by atoms with van der Waals surface area (Å²) in [5, 5.41) is 3.06. The number of halogens is 3. The minimum Gasteiger partial charge on any atom is -0.309 e. The van der Waals surface area contributed by atoms with Gasteiger partial charge < -0.3 is 5.32 Å². The van der Waals surface area contributed by atoms with Gasteiger partial charge in [-0.2, -0.15) is 0 Å². The monoisotopic (exact) mass is 325 g/mol. The number of rotatable bonds is 3. The van der Waals surface area contributed by atoms with Crippen molar-refractivity contribution in [3.05, 3.63) is 69.2 Å². The molecule has 0 fully saturated rings. The SMILES string of the molecule is CNC(c1ccc(F)c(C)c1)c1ccc(Br)cc1F. The van der Waals surface area contributed by atoms with Gasteiger partial charge in [-0.25, -0.2) is 8.78 Å². The summed E-state index contributed by atoms with van der Waals surface area (Å²) < 4.78 is 28.0. The van der Waals surface area contributed by atoms with Crippen LogP contribution in [-0.2, 0) is 0 Å². The highest BCUT2D eigenvalue weighted by molar-refractivity contribution is 9.10. The van der Waals surface area contributed by atoms with Crippen molar-refractivity contribution in [2.75, 3.05) is 7.05 Å². The van der Waals surface area contributed by atoms with Crippen molar-refractivity contribution in [1.29, 1.82) is 0 Å². The molecule has 19 heavy (non-hydrogen) atoms. The van der Waals surface area contributed by atoms with Gasteiger partial charge in [-0.05, 0) is 43.3 Å². The van der Waals surface area contributed by atoms with Crippen LogP contribution in [0.25, 0.3) is 0 Å². The van der Waals surface area contributed by atoms with E-state index >= 15 is 0 Å². The van der Waals surface area contributed by atoms with Gasteiger partial charge in [0.05, 0.1) is 6.04 Å². The van der Waals surface area contributed by atoms with E-state index in [4.69, 9.17) is 0 Å². The second-order valence-corrected chi connectivity index (χ2v) is 5.31. The molecule has 0 saturated carbocycles. The first-order chi connectivity index (χ1) is 9.02. The normalized spacial score (nSPS) is 12.5. The molecule has 0 aliphatic carbocycles. The molecule has 2 aromatic carbocycles. The summed E-state index contributed by atoms with van der Waals surface area (Å²) in [4.78, 5) is 0. The van der Waals surface area contributed by atoms with Crippen LogP contribution in [-0.4, -0.2) is 7.05 Å². The summed E-state index contributed by atoms with van der Waals surface area (Å²) in [6.07, 6.45) is 0. The molecule has 0 aliphatic rings. The van der Waals surface area contributed by atoms with Crippen LogP contribution in [0.4, 0.5) is 8.78 Å². The summed E-state index contributed by atoms with van der Waals surface area (Å²) in [5.41, 5.74) is 1.93. The van der Waals surface area contributed by atoms with Crippen LogP contribution in [0.2, 0.25) is 0 Å². The smallest absolute Gasteiger partial charge is 0.129 e. The Hall–Kier alpha value is -1.26. The number of benzene rings is 2. The summed E-state index contributed by atoms with van der Waals surface area (Å²) in [6.45, 7) is 1.70. The highest BCUT2D eigenvalue weighted by Gasteiger charge is 2.17. The fourth-order valence-corrected chi connectivity index (χ4v) is 2.42. The Morgan fingerprint density at radius 1 is 1.05 bits per heavy atom. The Kier molecular flexibility index (Phi) is 4.32. The molecular formula is C15H14BrF2N. The zero-order valence-corrected chi connectivity index (χ0v) is 12.3. The fourth-order valence-electron chi connectivity index (χ4n) is 2.08. The molecule has 1 atom stereocenters. The Labute approximate surface area is 119 Å². The van der Waals surface area contributed by atoms with Crippen molar-refractivity contribution in [3.63, 3.8) is 0 Å². The molecule has 2 aromatic rings. The average Bonchev–Trinajstić information content (AvgIpc) is 2.37. The van der Waals surface area contributed by atoms with Gasteiger partial charge in [0.25, 0.3) is 0 Å². The maximum atomic E-state index is 14.0. The van der Waals surface area contributed by atoms with Gasteiger partial charge in [0.1, 0.15) is 11.6 Å². The van der Waals surface area contributed by atoms with Crippen LogP contribution in [0.5, 0.6) is 0 Å². The molecule has 100 valence electrons. The Morgan fingerprint density at radius 2 is 1.79 bits per heavy atom. The highest BCUT2D eigenvalue weighted by atomic mass is 79.9. The van der Waals surface area contributed by atoms with E-state index in [0.29, 0.717) is 15.6 Å². The lowest BCUT2D eigenvalue weighted by molar-refractivity contribution is 0.573. The minimum atomic E-state index is -0.299.